The van der Waals surface area contributed by atoms with E-state index in [1.165, 1.54) is 6.54 Å². The van der Waals surface area contributed by atoms with Crippen LogP contribution in [0.1, 0.15) is 20.8 Å². The normalized spacial score (nSPS) is 26.3. The van der Waals surface area contributed by atoms with Crippen LogP contribution in [0, 0.1) is 0 Å². The Labute approximate surface area is 81.9 Å². The second-order valence-electron chi connectivity index (χ2n) is 4.83. The van der Waals surface area contributed by atoms with Crippen LogP contribution in [0.5, 0.6) is 0 Å². The molecule has 1 fully saturated rings. The van der Waals surface area contributed by atoms with Crippen LogP contribution < -0.4 is 10.6 Å². The number of hydrogen-bond acceptors (Lipinski definition) is 3. The van der Waals surface area contributed by atoms with E-state index in [0.717, 1.165) is 19.6 Å². The molecule has 0 aliphatic carbocycles. The molecule has 1 aliphatic heterocycles. The van der Waals surface area contributed by atoms with Crippen LogP contribution in [-0.4, -0.2) is 49.7 Å². The Hall–Kier alpha value is -0.120. The first-order valence-electron chi connectivity index (χ1n) is 5.17. The van der Waals surface area contributed by atoms with Crippen molar-refractivity contribution >= 4 is 0 Å². The Bertz CT molecular complexity index is 149. The minimum atomic E-state index is 0.314. The molecular formula is C10H23N3. The highest BCUT2D eigenvalue weighted by molar-refractivity contribution is 4.86. The smallest absolute Gasteiger partial charge is 0.0320 e. The molecule has 1 saturated heterocycles. The molecule has 0 aromatic heterocycles. The van der Waals surface area contributed by atoms with Crippen LogP contribution in [0.2, 0.25) is 0 Å². The van der Waals surface area contributed by atoms with Crippen molar-refractivity contribution < 1.29 is 0 Å². The average Bonchev–Trinajstić information content (AvgIpc) is 2.04. The van der Waals surface area contributed by atoms with Gasteiger partial charge in [-0.3, -0.25) is 4.90 Å². The predicted molar refractivity (Wildman–Crippen MR) is 57.0 cm³/mol. The zero-order valence-electron chi connectivity index (χ0n) is 9.35. The molecule has 3 heteroatoms. The summed E-state index contributed by atoms with van der Waals surface area (Å²) in [5.74, 6) is 0. The molecule has 78 valence electrons. The average molecular weight is 185 g/mol. The van der Waals surface area contributed by atoms with Crippen LogP contribution in [0.25, 0.3) is 0 Å². The number of hydrogen-bond donors (Lipinski definition) is 2. The molecule has 1 heterocycles. The summed E-state index contributed by atoms with van der Waals surface area (Å²) in [7, 11) is 2.01. The summed E-state index contributed by atoms with van der Waals surface area (Å²) in [4.78, 5) is 2.55. The second kappa shape index (κ2) is 4.40. The van der Waals surface area contributed by atoms with Crippen molar-refractivity contribution in [1.29, 1.82) is 0 Å². The number of piperazine rings is 1. The monoisotopic (exact) mass is 185 g/mol. The molecule has 0 amide bonds. The molecule has 1 atom stereocenters. The fourth-order valence-corrected chi connectivity index (χ4v) is 1.82. The quantitative estimate of drug-likeness (QED) is 0.647. The predicted octanol–water partition coefficient (Wildman–Crippen LogP) is 0.278. The summed E-state index contributed by atoms with van der Waals surface area (Å²) in [5, 5.41) is 6.74. The van der Waals surface area contributed by atoms with Gasteiger partial charge in [0.2, 0.25) is 0 Å². The Balaban J connectivity index is 2.42. The highest BCUT2D eigenvalue weighted by Crippen LogP contribution is 2.14. The molecular weight excluding hydrogens is 162 g/mol. The van der Waals surface area contributed by atoms with E-state index in [0.29, 0.717) is 11.6 Å². The van der Waals surface area contributed by atoms with E-state index in [9.17, 15) is 0 Å². The summed E-state index contributed by atoms with van der Waals surface area (Å²) in [5.41, 5.74) is 0.314. The largest absolute Gasteiger partial charge is 0.318 e. The van der Waals surface area contributed by atoms with E-state index in [4.69, 9.17) is 0 Å². The molecule has 2 N–H and O–H groups in total. The summed E-state index contributed by atoms with van der Waals surface area (Å²) < 4.78 is 0. The van der Waals surface area contributed by atoms with Crippen LogP contribution in [0.4, 0.5) is 0 Å². The summed E-state index contributed by atoms with van der Waals surface area (Å²) in [6.07, 6.45) is 0. The number of likely N-dealkylation sites (N-methyl/N-ethyl adjacent to an activating group) is 1. The van der Waals surface area contributed by atoms with Gasteiger partial charge in [-0.05, 0) is 27.8 Å². The second-order valence-corrected chi connectivity index (χ2v) is 4.83. The van der Waals surface area contributed by atoms with E-state index < -0.39 is 0 Å². The molecule has 1 unspecified atom stereocenters. The van der Waals surface area contributed by atoms with Gasteiger partial charge in [-0.25, -0.2) is 0 Å². The van der Waals surface area contributed by atoms with E-state index >= 15 is 0 Å². The lowest BCUT2D eigenvalue weighted by Crippen LogP contribution is -2.58. The summed E-state index contributed by atoms with van der Waals surface area (Å²) in [6.45, 7) is 11.4. The van der Waals surface area contributed by atoms with Crippen LogP contribution in [-0.2, 0) is 0 Å². The van der Waals surface area contributed by atoms with Gasteiger partial charge in [0.05, 0.1) is 0 Å². The van der Waals surface area contributed by atoms with Crippen molar-refractivity contribution in [2.75, 3.05) is 33.2 Å². The van der Waals surface area contributed by atoms with Gasteiger partial charge in [-0.1, -0.05) is 0 Å². The van der Waals surface area contributed by atoms with E-state index in [2.05, 4.69) is 36.3 Å². The number of nitrogens with one attached hydrogen (secondary N) is 2. The first-order valence-corrected chi connectivity index (χ1v) is 5.17. The third-order valence-corrected chi connectivity index (χ3v) is 2.65. The molecule has 1 rings (SSSR count). The Morgan fingerprint density at radius 3 is 2.69 bits per heavy atom. The van der Waals surface area contributed by atoms with Crippen LogP contribution in [0.15, 0.2) is 0 Å². The first-order chi connectivity index (χ1) is 6.04. The maximum atomic E-state index is 3.52. The Morgan fingerprint density at radius 1 is 1.46 bits per heavy atom. The topological polar surface area (TPSA) is 27.3 Å². The van der Waals surface area contributed by atoms with Crippen LogP contribution in [0.3, 0.4) is 0 Å². The molecule has 0 saturated carbocycles. The highest BCUT2D eigenvalue weighted by Gasteiger charge is 2.26. The lowest BCUT2D eigenvalue weighted by molar-refractivity contribution is 0.0959. The van der Waals surface area contributed by atoms with Crippen molar-refractivity contribution in [2.45, 2.75) is 32.4 Å². The number of rotatable bonds is 2. The first kappa shape index (κ1) is 11.0. The molecule has 13 heavy (non-hydrogen) atoms. The van der Waals surface area contributed by atoms with Crippen LogP contribution >= 0.6 is 0 Å². The maximum absolute atomic E-state index is 3.52. The van der Waals surface area contributed by atoms with Gasteiger partial charge in [0.1, 0.15) is 0 Å². The molecule has 3 nitrogen and oxygen atoms in total. The van der Waals surface area contributed by atoms with E-state index in [1.807, 2.05) is 7.05 Å². The van der Waals surface area contributed by atoms with Gasteiger partial charge in [0.15, 0.2) is 0 Å². The summed E-state index contributed by atoms with van der Waals surface area (Å²) in [6, 6.07) is 0.609. The lowest BCUT2D eigenvalue weighted by atomic mass is 10.0. The molecule has 1 aliphatic rings. The Morgan fingerprint density at radius 2 is 2.15 bits per heavy atom. The molecule has 0 bridgehead atoms. The Kier molecular flexibility index (Phi) is 3.71. The molecule has 0 spiro atoms. The SMILES string of the molecule is CNCC1CN(C(C)(C)C)CCN1. The van der Waals surface area contributed by atoms with Crippen molar-refractivity contribution in [3.8, 4) is 0 Å². The van der Waals surface area contributed by atoms with Crippen molar-refractivity contribution in [3.63, 3.8) is 0 Å². The van der Waals surface area contributed by atoms with E-state index in [1.54, 1.807) is 0 Å². The maximum Gasteiger partial charge on any atom is 0.0320 e. The van der Waals surface area contributed by atoms with Crippen molar-refractivity contribution in [2.24, 2.45) is 0 Å². The zero-order chi connectivity index (χ0) is 9.90. The van der Waals surface area contributed by atoms with Crippen molar-refractivity contribution in [3.05, 3.63) is 0 Å². The highest BCUT2D eigenvalue weighted by atomic mass is 15.2. The lowest BCUT2D eigenvalue weighted by Gasteiger charge is -2.42. The molecule has 0 aromatic rings. The fraction of sp³-hybridized carbons (Fsp3) is 1.00. The van der Waals surface area contributed by atoms with Gasteiger partial charge >= 0.3 is 0 Å². The fourth-order valence-electron chi connectivity index (χ4n) is 1.82. The van der Waals surface area contributed by atoms with Crippen molar-refractivity contribution in [1.82, 2.24) is 15.5 Å². The zero-order valence-corrected chi connectivity index (χ0v) is 9.35. The molecule has 0 radical (unpaired) electrons. The summed E-state index contributed by atoms with van der Waals surface area (Å²) >= 11 is 0. The van der Waals surface area contributed by atoms with Gasteiger partial charge in [-0.2, -0.15) is 0 Å². The van der Waals surface area contributed by atoms with Gasteiger partial charge in [0.25, 0.3) is 0 Å². The minimum Gasteiger partial charge on any atom is -0.318 e. The van der Waals surface area contributed by atoms with E-state index in [-0.39, 0.29) is 0 Å². The van der Waals surface area contributed by atoms with Gasteiger partial charge < -0.3 is 10.6 Å². The van der Waals surface area contributed by atoms with Gasteiger partial charge in [-0.15, -0.1) is 0 Å². The number of nitrogens with zero attached hydrogens (tertiary/aromatic N) is 1. The van der Waals surface area contributed by atoms with Gasteiger partial charge in [0, 0.05) is 37.8 Å². The minimum absolute atomic E-state index is 0.314. The molecule has 0 aromatic carbocycles. The third-order valence-electron chi connectivity index (χ3n) is 2.65. The third kappa shape index (κ3) is 3.25. The standard InChI is InChI=1S/C10H23N3/c1-10(2,3)13-6-5-12-9(8-13)7-11-4/h9,11-12H,5-8H2,1-4H3.